The molecule has 0 bridgehead atoms. The van der Waals surface area contributed by atoms with Gasteiger partial charge >= 0.3 is 5.97 Å². The normalized spacial score (nSPS) is 38.0. The Morgan fingerprint density at radius 2 is 1.76 bits per heavy atom. The fourth-order valence-electron chi connectivity index (χ4n) is 3.41. The molecule has 0 aromatic heterocycles. The Labute approximate surface area is 102 Å². The summed E-state index contributed by atoms with van der Waals surface area (Å²) < 4.78 is 10.9. The number of hydrogen-bond acceptors (Lipinski definition) is 4. The van der Waals surface area contributed by atoms with Gasteiger partial charge in [0.2, 0.25) is 0 Å². The van der Waals surface area contributed by atoms with Crippen LogP contribution in [0.1, 0.15) is 25.7 Å². The van der Waals surface area contributed by atoms with Crippen LogP contribution < -0.4 is 5.32 Å². The highest BCUT2D eigenvalue weighted by atomic mass is 16.6. The summed E-state index contributed by atoms with van der Waals surface area (Å²) in [7, 11) is 0. The number of rotatable bonds is 2. The van der Waals surface area contributed by atoms with E-state index in [1.54, 1.807) is 0 Å². The molecule has 0 aromatic carbocycles. The summed E-state index contributed by atoms with van der Waals surface area (Å²) in [4.78, 5) is 12.1. The van der Waals surface area contributed by atoms with Crippen LogP contribution in [0.15, 0.2) is 0 Å². The third kappa shape index (κ3) is 2.47. The van der Waals surface area contributed by atoms with E-state index in [1.807, 2.05) is 0 Å². The van der Waals surface area contributed by atoms with Gasteiger partial charge in [-0.1, -0.05) is 0 Å². The number of carbonyl (C=O) groups is 1. The summed E-state index contributed by atoms with van der Waals surface area (Å²) in [5.74, 6) is 1.63. The summed E-state index contributed by atoms with van der Waals surface area (Å²) in [5.41, 5.74) is 0. The van der Waals surface area contributed by atoms with Crippen molar-refractivity contribution >= 4 is 5.97 Å². The first-order chi connectivity index (χ1) is 8.33. The number of hydrogen-bond donors (Lipinski definition) is 1. The predicted octanol–water partition coefficient (Wildman–Crippen LogP) is 0.954. The second kappa shape index (κ2) is 4.94. The minimum Gasteiger partial charge on any atom is -0.462 e. The summed E-state index contributed by atoms with van der Waals surface area (Å²) >= 11 is 0. The van der Waals surface area contributed by atoms with Crippen molar-refractivity contribution in [3.05, 3.63) is 0 Å². The Morgan fingerprint density at radius 1 is 1.12 bits per heavy atom. The van der Waals surface area contributed by atoms with Gasteiger partial charge in [-0.2, -0.15) is 0 Å². The SMILES string of the molecule is O=C(OC1CCOCC1)C1CC2CNCC2C1. The van der Waals surface area contributed by atoms with Gasteiger partial charge in [-0.25, -0.2) is 0 Å². The fraction of sp³-hybridized carbons (Fsp3) is 0.923. The maximum atomic E-state index is 12.1. The summed E-state index contributed by atoms with van der Waals surface area (Å²) in [6.07, 6.45) is 3.90. The average molecular weight is 239 g/mol. The summed E-state index contributed by atoms with van der Waals surface area (Å²) in [6, 6.07) is 0. The molecule has 2 unspecified atom stereocenters. The molecular formula is C13H21NO3. The second-order valence-corrected chi connectivity index (χ2v) is 5.60. The Bertz CT molecular complexity index is 276. The van der Waals surface area contributed by atoms with Crippen molar-refractivity contribution < 1.29 is 14.3 Å². The monoisotopic (exact) mass is 239 g/mol. The molecule has 3 fully saturated rings. The summed E-state index contributed by atoms with van der Waals surface area (Å²) in [6.45, 7) is 3.65. The van der Waals surface area contributed by atoms with Gasteiger partial charge in [-0.05, 0) is 37.8 Å². The minimum absolute atomic E-state index is 0.0475. The van der Waals surface area contributed by atoms with Crippen LogP contribution >= 0.6 is 0 Å². The molecule has 0 amide bonds. The number of fused-ring (bicyclic) bond motifs is 1. The lowest BCUT2D eigenvalue weighted by Crippen LogP contribution is -2.29. The van der Waals surface area contributed by atoms with Crippen LogP contribution in [0.25, 0.3) is 0 Å². The van der Waals surface area contributed by atoms with E-state index >= 15 is 0 Å². The Balaban J connectivity index is 1.49. The molecule has 1 aliphatic carbocycles. The summed E-state index contributed by atoms with van der Waals surface area (Å²) in [5, 5.41) is 3.40. The van der Waals surface area contributed by atoms with Crippen LogP contribution in [-0.2, 0) is 14.3 Å². The highest BCUT2D eigenvalue weighted by Crippen LogP contribution is 2.39. The van der Waals surface area contributed by atoms with E-state index in [0.29, 0.717) is 11.8 Å². The van der Waals surface area contributed by atoms with Crippen LogP contribution in [0.4, 0.5) is 0 Å². The van der Waals surface area contributed by atoms with Crippen LogP contribution in [0, 0.1) is 17.8 Å². The van der Waals surface area contributed by atoms with Crippen molar-refractivity contribution in [2.45, 2.75) is 31.8 Å². The van der Waals surface area contributed by atoms with E-state index < -0.39 is 0 Å². The molecule has 4 nitrogen and oxygen atoms in total. The molecule has 2 aliphatic heterocycles. The first-order valence-electron chi connectivity index (χ1n) is 6.82. The van der Waals surface area contributed by atoms with E-state index in [-0.39, 0.29) is 18.0 Å². The molecule has 2 atom stereocenters. The Morgan fingerprint density at radius 3 is 2.41 bits per heavy atom. The quantitative estimate of drug-likeness (QED) is 0.729. The molecule has 0 spiro atoms. The molecule has 2 heterocycles. The van der Waals surface area contributed by atoms with Gasteiger partial charge in [-0.3, -0.25) is 4.79 Å². The minimum atomic E-state index is 0.0475. The van der Waals surface area contributed by atoms with Crippen molar-refractivity contribution in [2.75, 3.05) is 26.3 Å². The highest BCUT2D eigenvalue weighted by molar-refractivity contribution is 5.73. The van der Waals surface area contributed by atoms with E-state index in [0.717, 1.165) is 52.0 Å². The van der Waals surface area contributed by atoms with Crippen molar-refractivity contribution in [1.82, 2.24) is 5.32 Å². The standard InChI is InChI=1S/C13H21NO3/c15-13(17-12-1-3-16-4-2-12)9-5-10-7-14-8-11(10)6-9/h9-12,14H,1-8H2. The predicted molar refractivity (Wildman–Crippen MR) is 62.5 cm³/mol. The van der Waals surface area contributed by atoms with Gasteiger partial charge in [0, 0.05) is 12.8 Å². The molecule has 0 aromatic rings. The maximum Gasteiger partial charge on any atom is 0.309 e. The molecule has 1 N–H and O–H groups in total. The molecule has 96 valence electrons. The van der Waals surface area contributed by atoms with Gasteiger partial charge in [0.25, 0.3) is 0 Å². The molecule has 3 aliphatic rings. The van der Waals surface area contributed by atoms with E-state index in [9.17, 15) is 4.79 Å². The zero-order valence-corrected chi connectivity index (χ0v) is 10.2. The third-order valence-corrected chi connectivity index (χ3v) is 4.44. The van der Waals surface area contributed by atoms with Gasteiger partial charge < -0.3 is 14.8 Å². The lowest BCUT2D eigenvalue weighted by atomic mass is 10.0. The van der Waals surface area contributed by atoms with Gasteiger partial charge in [0.15, 0.2) is 0 Å². The van der Waals surface area contributed by atoms with Gasteiger partial charge in [-0.15, -0.1) is 0 Å². The Hall–Kier alpha value is -0.610. The zero-order valence-electron chi connectivity index (χ0n) is 10.2. The number of nitrogens with one attached hydrogen (secondary N) is 1. The third-order valence-electron chi connectivity index (χ3n) is 4.44. The van der Waals surface area contributed by atoms with Crippen molar-refractivity contribution in [3.8, 4) is 0 Å². The number of esters is 1. The van der Waals surface area contributed by atoms with E-state index in [4.69, 9.17) is 9.47 Å². The van der Waals surface area contributed by atoms with Crippen molar-refractivity contribution in [1.29, 1.82) is 0 Å². The second-order valence-electron chi connectivity index (χ2n) is 5.60. The smallest absolute Gasteiger partial charge is 0.309 e. The molecule has 17 heavy (non-hydrogen) atoms. The zero-order chi connectivity index (χ0) is 11.7. The molecule has 1 saturated carbocycles. The highest BCUT2D eigenvalue weighted by Gasteiger charge is 2.41. The fourth-order valence-corrected chi connectivity index (χ4v) is 3.41. The Kier molecular flexibility index (Phi) is 3.34. The molecular weight excluding hydrogens is 218 g/mol. The van der Waals surface area contributed by atoms with Crippen molar-refractivity contribution in [3.63, 3.8) is 0 Å². The van der Waals surface area contributed by atoms with Crippen molar-refractivity contribution in [2.24, 2.45) is 17.8 Å². The van der Waals surface area contributed by atoms with E-state index in [2.05, 4.69) is 5.32 Å². The average Bonchev–Trinajstić information content (AvgIpc) is 2.90. The van der Waals surface area contributed by atoms with Crippen LogP contribution in [0.2, 0.25) is 0 Å². The lowest BCUT2D eigenvalue weighted by Gasteiger charge is -2.23. The van der Waals surface area contributed by atoms with Crippen LogP contribution in [0.3, 0.4) is 0 Å². The molecule has 2 saturated heterocycles. The largest absolute Gasteiger partial charge is 0.462 e. The van der Waals surface area contributed by atoms with Gasteiger partial charge in [0.1, 0.15) is 6.10 Å². The number of carbonyl (C=O) groups excluding carboxylic acids is 1. The molecule has 0 radical (unpaired) electrons. The molecule has 3 rings (SSSR count). The lowest BCUT2D eigenvalue weighted by molar-refractivity contribution is -0.158. The maximum absolute atomic E-state index is 12.1. The number of ether oxygens (including phenoxy) is 2. The topological polar surface area (TPSA) is 47.6 Å². The van der Waals surface area contributed by atoms with Gasteiger partial charge in [0.05, 0.1) is 19.1 Å². The van der Waals surface area contributed by atoms with E-state index in [1.165, 1.54) is 0 Å². The molecule has 4 heteroatoms. The first-order valence-corrected chi connectivity index (χ1v) is 6.82. The van der Waals surface area contributed by atoms with Crippen LogP contribution in [0.5, 0.6) is 0 Å². The van der Waals surface area contributed by atoms with Crippen LogP contribution in [-0.4, -0.2) is 38.4 Å². The first kappa shape index (κ1) is 11.5.